The van der Waals surface area contributed by atoms with E-state index in [0.29, 0.717) is 17.1 Å². The van der Waals surface area contributed by atoms with Crippen LogP contribution >= 0.6 is 0 Å². The number of rotatable bonds is 6. The number of ether oxygens (including phenoxy) is 2. The Morgan fingerprint density at radius 3 is 2.59 bits per heavy atom. The van der Waals surface area contributed by atoms with Gasteiger partial charge in [-0.1, -0.05) is 25.0 Å². The average molecular weight is 373 g/mol. The van der Waals surface area contributed by atoms with Crippen LogP contribution in [0.25, 0.3) is 0 Å². The number of nitrogens with one attached hydrogen (secondary N) is 1. The van der Waals surface area contributed by atoms with Gasteiger partial charge >= 0.3 is 6.01 Å². The molecule has 1 aliphatic rings. The van der Waals surface area contributed by atoms with E-state index in [0.717, 1.165) is 31.2 Å². The first-order valence-electron chi connectivity index (χ1n) is 9.00. The molecule has 2 aromatic rings. The number of aromatic nitrogens is 2. The van der Waals surface area contributed by atoms with E-state index in [4.69, 9.17) is 9.47 Å². The zero-order chi connectivity index (χ0) is 19.4. The Labute approximate surface area is 158 Å². The summed E-state index contributed by atoms with van der Waals surface area (Å²) in [4.78, 5) is 21.2. The summed E-state index contributed by atoms with van der Waals surface area (Å²) in [7, 11) is 2.97. The number of carbonyl (C=O) groups is 1. The normalized spacial score (nSPS) is 15.4. The van der Waals surface area contributed by atoms with Crippen molar-refractivity contribution in [2.24, 2.45) is 0 Å². The molecule has 0 radical (unpaired) electrons. The second kappa shape index (κ2) is 7.90. The molecule has 1 aliphatic carbocycles. The summed E-state index contributed by atoms with van der Waals surface area (Å²) in [5.41, 5.74) is 1.51. The Bertz CT molecular complexity index is 835. The van der Waals surface area contributed by atoms with Gasteiger partial charge in [0.2, 0.25) is 11.8 Å². The molecule has 0 atom stereocenters. The van der Waals surface area contributed by atoms with Crippen LogP contribution in [0, 0.1) is 12.7 Å². The molecule has 0 spiro atoms. The van der Waals surface area contributed by atoms with E-state index >= 15 is 0 Å². The number of carbonyl (C=O) groups excluding carboxylic acids is 1. The molecule has 1 aromatic carbocycles. The smallest absolute Gasteiger partial charge is 0.319 e. The minimum Gasteiger partial charge on any atom is -0.481 e. The zero-order valence-electron chi connectivity index (χ0n) is 15.8. The van der Waals surface area contributed by atoms with Gasteiger partial charge in [-0.3, -0.25) is 4.79 Å². The van der Waals surface area contributed by atoms with Crippen molar-refractivity contribution >= 4 is 5.91 Å². The maximum atomic E-state index is 13.7. The molecule has 1 aromatic heterocycles. The molecule has 7 heteroatoms. The van der Waals surface area contributed by atoms with Crippen molar-refractivity contribution in [1.29, 1.82) is 0 Å². The van der Waals surface area contributed by atoms with E-state index in [1.807, 2.05) is 6.07 Å². The maximum Gasteiger partial charge on any atom is 0.319 e. The lowest BCUT2D eigenvalue weighted by Gasteiger charge is -2.31. The van der Waals surface area contributed by atoms with E-state index in [2.05, 4.69) is 15.3 Å². The summed E-state index contributed by atoms with van der Waals surface area (Å²) >= 11 is 0. The van der Waals surface area contributed by atoms with Crippen molar-refractivity contribution in [3.63, 3.8) is 0 Å². The Morgan fingerprint density at radius 1 is 1.22 bits per heavy atom. The quantitative estimate of drug-likeness (QED) is 0.842. The molecule has 1 fully saturated rings. The van der Waals surface area contributed by atoms with Crippen molar-refractivity contribution in [1.82, 2.24) is 15.3 Å². The Hall–Kier alpha value is -2.70. The SMILES string of the molecule is COc1nc(C)c(CC(=O)NC2(c3cccc(F)c3)CCCC2)c(OC)n1. The molecule has 1 N–H and O–H groups in total. The number of hydrogen-bond donors (Lipinski definition) is 1. The van der Waals surface area contributed by atoms with E-state index < -0.39 is 5.54 Å². The van der Waals surface area contributed by atoms with Gasteiger partial charge in [0.25, 0.3) is 0 Å². The molecule has 144 valence electrons. The van der Waals surface area contributed by atoms with Gasteiger partial charge in [-0.15, -0.1) is 0 Å². The molecule has 6 nitrogen and oxygen atoms in total. The average Bonchev–Trinajstić information content (AvgIpc) is 3.12. The topological polar surface area (TPSA) is 73.3 Å². The molecule has 0 unspecified atom stereocenters. The predicted octanol–water partition coefficient (Wildman–Crippen LogP) is 3.07. The van der Waals surface area contributed by atoms with Crippen LogP contribution in [0.5, 0.6) is 11.9 Å². The lowest BCUT2D eigenvalue weighted by molar-refractivity contribution is -0.122. The van der Waals surface area contributed by atoms with Gasteiger partial charge in [-0.25, -0.2) is 9.37 Å². The molecule has 27 heavy (non-hydrogen) atoms. The highest BCUT2D eigenvalue weighted by Crippen LogP contribution is 2.39. The summed E-state index contributed by atoms with van der Waals surface area (Å²) in [6.45, 7) is 1.78. The summed E-state index contributed by atoms with van der Waals surface area (Å²) in [5.74, 6) is -0.147. The third kappa shape index (κ3) is 4.02. The first kappa shape index (κ1) is 19.1. The summed E-state index contributed by atoms with van der Waals surface area (Å²) in [6, 6.07) is 6.67. The summed E-state index contributed by atoms with van der Waals surface area (Å²) in [6.07, 6.45) is 3.64. The molecule has 0 saturated heterocycles. The van der Waals surface area contributed by atoms with E-state index in [1.165, 1.54) is 26.4 Å². The van der Waals surface area contributed by atoms with Crippen molar-refractivity contribution in [2.45, 2.75) is 44.6 Å². The monoisotopic (exact) mass is 373 g/mol. The first-order valence-corrected chi connectivity index (χ1v) is 9.00. The maximum absolute atomic E-state index is 13.7. The highest BCUT2D eigenvalue weighted by atomic mass is 19.1. The largest absolute Gasteiger partial charge is 0.481 e. The van der Waals surface area contributed by atoms with Gasteiger partial charge in [-0.2, -0.15) is 4.98 Å². The Balaban J connectivity index is 1.84. The standard InChI is InChI=1S/C20H24FN3O3/c1-13-16(18(26-2)23-19(22-13)27-3)12-17(25)24-20(9-4-5-10-20)14-7-6-8-15(21)11-14/h6-8,11H,4-5,9-10,12H2,1-3H3,(H,24,25). The van der Waals surface area contributed by atoms with Crippen molar-refractivity contribution in [3.05, 3.63) is 46.9 Å². The van der Waals surface area contributed by atoms with Crippen LogP contribution in [0.15, 0.2) is 24.3 Å². The fourth-order valence-electron chi connectivity index (χ4n) is 3.73. The van der Waals surface area contributed by atoms with Gasteiger partial charge in [0.1, 0.15) is 5.82 Å². The van der Waals surface area contributed by atoms with Crippen LogP contribution in [0.1, 0.15) is 42.5 Å². The van der Waals surface area contributed by atoms with Gasteiger partial charge in [0.15, 0.2) is 0 Å². The van der Waals surface area contributed by atoms with Gasteiger partial charge in [0.05, 0.1) is 31.9 Å². The lowest BCUT2D eigenvalue weighted by atomic mass is 9.87. The van der Waals surface area contributed by atoms with Crippen molar-refractivity contribution < 1.29 is 18.7 Å². The molecular formula is C20H24FN3O3. The molecule has 3 rings (SSSR count). The van der Waals surface area contributed by atoms with E-state index in [1.54, 1.807) is 13.0 Å². The predicted molar refractivity (Wildman–Crippen MR) is 98.3 cm³/mol. The number of amides is 1. The second-order valence-electron chi connectivity index (χ2n) is 6.81. The first-order chi connectivity index (χ1) is 13.0. The fraction of sp³-hybridized carbons (Fsp3) is 0.450. The van der Waals surface area contributed by atoms with Gasteiger partial charge in [0, 0.05) is 5.56 Å². The zero-order valence-corrected chi connectivity index (χ0v) is 15.8. The molecule has 0 bridgehead atoms. The molecule has 1 amide bonds. The second-order valence-corrected chi connectivity index (χ2v) is 6.81. The molecular weight excluding hydrogens is 349 g/mol. The van der Waals surface area contributed by atoms with Crippen LogP contribution in [-0.4, -0.2) is 30.1 Å². The number of benzene rings is 1. The van der Waals surface area contributed by atoms with Crippen molar-refractivity contribution in [3.8, 4) is 11.9 Å². The Morgan fingerprint density at radius 2 is 1.96 bits per heavy atom. The van der Waals surface area contributed by atoms with E-state index in [9.17, 15) is 9.18 Å². The third-order valence-corrected chi connectivity index (χ3v) is 5.08. The molecule has 0 aliphatic heterocycles. The third-order valence-electron chi connectivity index (χ3n) is 5.08. The van der Waals surface area contributed by atoms with Gasteiger partial charge in [-0.05, 0) is 37.5 Å². The number of halogens is 1. The summed E-state index contributed by atoms with van der Waals surface area (Å²) < 4.78 is 24.1. The molecule has 1 heterocycles. The number of nitrogens with zero attached hydrogens (tertiary/aromatic N) is 2. The Kier molecular flexibility index (Phi) is 5.58. The van der Waals surface area contributed by atoms with Crippen LogP contribution in [0.4, 0.5) is 4.39 Å². The van der Waals surface area contributed by atoms with E-state index in [-0.39, 0.29) is 24.2 Å². The lowest BCUT2D eigenvalue weighted by Crippen LogP contribution is -2.44. The number of aryl methyl sites for hydroxylation is 1. The highest BCUT2D eigenvalue weighted by molar-refractivity contribution is 5.80. The van der Waals surface area contributed by atoms with Gasteiger partial charge < -0.3 is 14.8 Å². The number of methoxy groups -OCH3 is 2. The van der Waals surface area contributed by atoms with Crippen LogP contribution in [-0.2, 0) is 16.8 Å². The van der Waals surface area contributed by atoms with Crippen LogP contribution in [0.2, 0.25) is 0 Å². The summed E-state index contributed by atoms with van der Waals surface area (Å²) in [5, 5.41) is 3.14. The highest BCUT2D eigenvalue weighted by Gasteiger charge is 2.37. The fourth-order valence-corrected chi connectivity index (χ4v) is 3.73. The molecule has 1 saturated carbocycles. The minimum absolute atomic E-state index is 0.0794. The van der Waals surface area contributed by atoms with Crippen LogP contribution < -0.4 is 14.8 Å². The van der Waals surface area contributed by atoms with Crippen LogP contribution in [0.3, 0.4) is 0 Å². The minimum atomic E-state index is -0.534. The van der Waals surface area contributed by atoms with Crippen molar-refractivity contribution in [2.75, 3.05) is 14.2 Å². The number of hydrogen-bond acceptors (Lipinski definition) is 5.